The first kappa shape index (κ1) is 15.2. The van der Waals surface area contributed by atoms with E-state index in [1.807, 2.05) is 0 Å². The van der Waals surface area contributed by atoms with Crippen LogP contribution >= 0.6 is 0 Å². The minimum absolute atomic E-state index is 0.291. The van der Waals surface area contributed by atoms with E-state index in [1.54, 1.807) is 0 Å². The second-order valence-corrected chi connectivity index (χ2v) is 6.08. The summed E-state index contributed by atoms with van der Waals surface area (Å²) in [5.74, 6) is -0.403. The van der Waals surface area contributed by atoms with Crippen molar-refractivity contribution in [3.8, 4) is 0 Å². The van der Waals surface area contributed by atoms with Crippen molar-refractivity contribution >= 4 is 5.69 Å². The fraction of sp³-hybridized carbons (Fsp3) is 0.625. The van der Waals surface area contributed by atoms with Crippen molar-refractivity contribution in [1.82, 2.24) is 5.32 Å². The fourth-order valence-electron chi connectivity index (χ4n) is 2.98. The first-order valence-corrected chi connectivity index (χ1v) is 7.45. The molecular weight excluding hydrogens is 258 g/mol. The highest BCUT2D eigenvalue weighted by molar-refractivity contribution is 5.49. The van der Waals surface area contributed by atoms with Gasteiger partial charge >= 0.3 is 0 Å². The standard InChI is InChI=1S/C16H24F2N2/c1-4-15-9-19-14(5-11(2)3)10-20(15)16-7-12(17)6-13(18)8-16/h6-8,11,14-15,19H,4-5,9-10H2,1-3H3. The first-order valence-electron chi connectivity index (χ1n) is 7.45. The molecular formula is C16H24F2N2. The van der Waals surface area contributed by atoms with E-state index in [0.29, 0.717) is 23.7 Å². The Hall–Kier alpha value is -1.16. The zero-order valence-electron chi connectivity index (χ0n) is 12.5. The highest BCUT2D eigenvalue weighted by Crippen LogP contribution is 2.25. The largest absolute Gasteiger partial charge is 0.366 e. The van der Waals surface area contributed by atoms with Crippen molar-refractivity contribution in [3.05, 3.63) is 29.8 Å². The lowest BCUT2D eigenvalue weighted by Crippen LogP contribution is -2.56. The number of piperazine rings is 1. The maximum atomic E-state index is 13.4. The summed E-state index contributed by atoms with van der Waals surface area (Å²) in [4.78, 5) is 2.15. The summed E-state index contributed by atoms with van der Waals surface area (Å²) < 4.78 is 26.9. The van der Waals surface area contributed by atoms with Gasteiger partial charge in [0.2, 0.25) is 0 Å². The van der Waals surface area contributed by atoms with Crippen LogP contribution in [-0.4, -0.2) is 25.2 Å². The summed E-state index contributed by atoms with van der Waals surface area (Å²) in [6.07, 6.45) is 2.03. The lowest BCUT2D eigenvalue weighted by Gasteiger charge is -2.42. The lowest BCUT2D eigenvalue weighted by atomic mass is 9.98. The number of nitrogens with zero attached hydrogens (tertiary/aromatic N) is 1. The van der Waals surface area contributed by atoms with Crippen molar-refractivity contribution in [2.45, 2.75) is 45.7 Å². The Balaban J connectivity index is 2.19. The summed E-state index contributed by atoms with van der Waals surface area (Å²) in [7, 11) is 0. The zero-order chi connectivity index (χ0) is 14.7. The molecule has 1 heterocycles. The van der Waals surface area contributed by atoms with Crippen LogP contribution in [0, 0.1) is 17.6 Å². The third-order valence-electron chi connectivity index (χ3n) is 3.91. The minimum atomic E-state index is -0.506. The Bertz CT molecular complexity index is 428. The first-order chi connectivity index (χ1) is 9.49. The average molecular weight is 282 g/mol. The molecule has 1 aromatic carbocycles. The Labute approximate surface area is 120 Å². The Morgan fingerprint density at radius 3 is 2.45 bits per heavy atom. The van der Waals surface area contributed by atoms with Crippen LogP contribution in [0.4, 0.5) is 14.5 Å². The molecule has 2 rings (SSSR count). The van der Waals surface area contributed by atoms with Crippen LogP contribution < -0.4 is 10.2 Å². The van der Waals surface area contributed by atoms with E-state index in [0.717, 1.165) is 32.0 Å². The number of hydrogen-bond donors (Lipinski definition) is 1. The van der Waals surface area contributed by atoms with Gasteiger partial charge < -0.3 is 10.2 Å². The van der Waals surface area contributed by atoms with Crippen LogP contribution in [0.1, 0.15) is 33.6 Å². The van der Waals surface area contributed by atoms with Gasteiger partial charge in [0.15, 0.2) is 0 Å². The second kappa shape index (κ2) is 6.53. The normalized spacial score (nSPS) is 23.4. The van der Waals surface area contributed by atoms with E-state index in [9.17, 15) is 8.78 Å². The molecule has 0 amide bonds. The van der Waals surface area contributed by atoms with Crippen LogP contribution in [0.5, 0.6) is 0 Å². The van der Waals surface area contributed by atoms with E-state index in [2.05, 4.69) is 31.0 Å². The number of hydrogen-bond acceptors (Lipinski definition) is 2. The minimum Gasteiger partial charge on any atom is -0.366 e. The number of rotatable bonds is 4. The molecule has 0 saturated carbocycles. The van der Waals surface area contributed by atoms with Crippen LogP contribution in [0.2, 0.25) is 0 Å². The van der Waals surface area contributed by atoms with Gasteiger partial charge in [0.25, 0.3) is 0 Å². The van der Waals surface area contributed by atoms with Crippen LogP contribution in [0.3, 0.4) is 0 Å². The summed E-state index contributed by atoms with van der Waals surface area (Å²) in [6.45, 7) is 8.17. The van der Waals surface area contributed by atoms with Crippen LogP contribution in [0.15, 0.2) is 18.2 Å². The SMILES string of the molecule is CCC1CNC(CC(C)C)CN1c1cc(F)cc(F)c1. The number of nitrogens with one attached hydrogen (secondary N) is 1. The third kappa shape index (κ3) is 3.69. The van der Waals surface area contributed by atoms with E-state index < -0.39 is 11.6 Å². The number of anilines is 1. The molecule has 112 valence electrons. The van der Waals surface area contributed by atoms with E-state index in [4.69, 9.17) is 0 Å². The van der Waals surface area contributed by atoms with Gasteiger partial charge in [-0.25, -0.2) is 8.78 Å². The van der Waals surface area contributed by atoms with E-state index in [1.165, 1.54) is 12.1 Å². The predicted molar refractivity (Wildman–Crippen MR) is 79.0 cm³/mol. The molecule has 1 aromatic rings. The molecule has 4 heteroatoms. The Morgan fingerprint density at radius 1 is 1.25 bits per heavy atom. The molecule has 2 unspecified atom stereocenters. The predicted octanol–water partition coefficient (Wildman–Crippen LogP) is 3.57. The smallest absolute Gasteiger partial charge is 0.128 e. The second-order valence-electron chi connectivity index (χ2n) is 6.08. The monoisotopic (exact) mass is 282 g/mol. The molecule has 0 spiro atoms. The molecule has 1 aliphatic rings. The highest BCUT2D eigenvalue weighted by Gasteiger charge is 2.27. The van der Waals surface area contributed by atoms with Gasteiger partial charge in [-0.05, 0) is 30.9 Å². The maximum absolute atomic E-state index is 13.4. The topological polar surface area (TPSA) is 15.3 Å². The Kier molecular flexibility index (Phi) is 4.97. The van der Waals surface area contributed by atoms with Crippen molar-refractivity contribution in [2.24, 2.45) is 5.92 Å². The summed E-state index contributed by atoms with van der Waals surface area (Å²) in [6, 6.07) is 4.47. The maximum Gasteiger partial charge on any atom is 0.128 e. The summed E-state index contributed by atoms with van der Waals surface area (Å²) in [5, 5.41) is 3.55. The third-order valence-corrected chi connectivity index (χ3v) is 3.91. The van der Waals surface area contributed by atoms with Crippen LogP contribution in [0.25, 0.3) is 0 Å². The fourth-order valence-corrected chi connectivity index (χ4v) is 2.98. The number of benzene rings is 1. The van der Waals surface area contributed by atoms with Gasteiger partial charge in [0.05, 0.1) is 0 Å². The molecule has 0 radical (unpaired) electrons. The molecule has 1 aliphatic heterocycles. The van der Waals surface area contributed by atoms with E-state index >= 15 is 0 Å². The molecule has 0 aromatic heterocycles. The Morgan fingerprint density at radius 2 is 1.90 bits per heavy atom. The van der Waals surface area contributed by atoms with Crippen molar-refractivity contribution in [3.63, 3.8) is 0 Å². The van der Waals surface area contributed by atoms with Gasteiger partial charge in [0.1, 0.15) is 11.6 Å². The highest BCUT2D eigenvalue weighted by atomic mass is 19.1. The molecule has 20 heavy (non-hydrogen) atoms. The number of halogens is 2. The van der Waals surface area contributed by atoms with Gasteiger partial charge in [-0.3, -0.25) is 0 Å². The molecule has 1 fully saturated rings. The van der Waals surface area contributed by atoms with E-state index in [-0.39, 0.29) is 0 Å². The lowest BCUT2D eigenvalue weighted by molar-refractivity contribution is 0.343. The van der Waals surface area contributed by atoms with Crippen molar-refractivity contribution in [2.75, 3.05) is 18.0 Å². The molecule has 1 saturated heterocycles. The van der Waals surface area contributed by atoms with Gasteiger partial charge in [-0.2, -0.15) is 0 Å². The molecule has 2 nitrogen and oxygen atoms in total. The molecule has 1 N–H and O–H groups in total. The van der Waals surface area contributed by atoms with Crippen molar-refractivity contribution < 1.29 is 8.78 Å². The average Bonchev–Trinajstić information content (AvgIpc) is 2.36. The van der Waals surface area contributed by atoms with Gasteiger partial charge in [0, 0.05) is 36.9 Å². The van der Waals surface area contributed by atoms with Crippen LogP contribution in [-0.2, 0) is 0 Å². The quantitative estimate of drug-likeness (QED) is 0.908. The van der Waals surface area contributed by atoms with Crippen molar-refractivity contribution in [1.29, 1.82) is 0 Å². The summed E-state index contributed by atoms with van der Waals surface area (Å²) >= 11 is 0. The summed E-state index contributed by atoms with van der Waals surface area (Å²) in [5.41, 5.74) is 0.657. The zero-order valence-corrected chi connectivity index (χ0v) is 12.5. The molecule has 0 aliphatic carbocycles. The molecule has 2 atom stereocenters. The van der Waals surface area contributed by atoms with Gasteiger partial charge in [-0.1, -0.05) is 20.8 Å². The van der Waals surface area contributed by atoms with Gasteiger partial charge in [-0.15, -0.1) is 0 Å². The molecule has 0 bridgehead atoms.